The van der Waals surface area contributed by atoms with E-state index in [0.29, 0.717) is 6.54 Å². The molecule has 156 valence electrons. The van der Waals surface area contributed by atoms with Gasteiger partial charge in [0.05, 0.1) is 5.69 Å². The quantitative estimate of drug-likeness (QED) is 0.310. The number of allylic oxidation sites excluding steroid dienone is 3. The number of hydrogen-bond donors (Lipinski definition) is 2. The number of phenolic OH excluding ortho intramolecular Hbond substituents is 1. The van der Waals surface area contributed by atoms with Gasteiger partial charge >= 0.3 is 0 Å². The first-order valence-corrected chi connectivity index (χ1v) is 10.3. The molecule has 2 N–H and O–H groups in total. The maximum Gasteiger partial charge on any atom is 0.120 e. The Morgan fingerprint density at radius 3 is 2.39 bits per heavy atom. The van der Waals surface area contributed by atoms with Crippen LogP contribution in [0.5, 0.6) is 5.75 Å². The molecule has 0 spiro atoms. The average Bonchev–Trinajstić information content (AvgIpc) is 2.79. The summed E-state index contributed by atoms with van der Waals surface area (Å²) in [5.74, 6) is 0.261. The van der Waals surface area contributed by atoms with Crippen LogP contribution < -0.4 is 5.32 Å². The van der Waals surface area contributed by atoms with Crippen LogP contribution in [0.15, 0.2) is 109 Å². The van der Waals surface area contributed by atoms with Gasteiger partial charge in [0.2, 0.25) is 0 Å². The van der Waals surface area contributed by atoms with Crippen molar-refractivity contribution in [2.24, 2.45) is 4.99 Å². The Kier molecular flexibility index (Phi) is 7.23. The van der Waals surface area contributed by atoms with Gasteiger partial charge in [0, 0.05) is 29.1 Å². The molecule has 0 saturated carbocycles. The van der Waals surface area contributed by atoms with Crippen LogP contribution in [-0.4, -0.2) is 10.8 Å². The molecule has 0 aliphatic heterocycles. The molecule has 0 aliphatic carbocycles. The van der Waals surface area contributed by atoms with Gasteiger partial charge in [0.25, 0.3) is 0 Å². The van der Waals surface area contributed by atoms with Crippen molar-refractivity contribution in [1.29, 1.82) is 0 Å². The van der Waals surface area contributed by atoms with Gasteiger partial charge in [-0.05, 0) is 42.7 Å². The summed E-state index contributed by atoms with van der Waals surface area (Å²) < 4.78 is 0. The molecule has 0 aromatic heterocycles. The summed E-state index contributed by atoms with van der Waals surface area (Å²) >= 11 is 0. The first-order chi connectivity index (χ1) is 15.0. The van der Waals surface area contributed by atoms with Crippen molar-refractivity contribution in [2.45, 2.75) is 20.4 Å². The van der Waals surface area contributed by atoms with Crippen LogP contribution in [0.3, 0.4) is 0 Å². The molecular weight excluding hydrogens is 380 g/mol. The van der Waals surface area contributed by atoms with Crippen molar-refractivity contribution >= 4 is 17.1 Å². The van der Waals surface area contributed by atoms with Crippen LogP contribution in [0, 0.1) is 0 Å². The summed E-state index contributed by atoms with van der Waals surface area (Å²) in [6.07, 6.45) is 3.81. The smallest absolute Gasteiger partial charge is 0.120 e. The number of benzene rings is 3. The Morgan fingerprint density at radius 1 is 1.00 bits per heavy atom. The third-order valence-corrected chi connectivity index (χ3v) is 5.15. The van der Waals surface area contributed by atoms with E-state index in [4.69, 9.17) is 4.99 Å². The number of aliphatic imine (C=N–C) groups is 1. The Labute approximate surface area is 184 Å². The Bertz CT molecular complexity index is 1140. The van der Waals surface area contributed by atoms with Gasteiger partial charge in [-0.2, -0.15) is 0 Å². The molecule has 0 saturated heterocycles. The molecule has 0 amide bonds. The lowest BCUT2D eigenvalue weighted by molar-refractivity contribution is 0.467. The molecule has 0 aliphatic rings. The predicted octanol–water partition coefficient (Wildman–Crippen LogP) is 7.04. The molecule has 0 heterocycles. The minimum Gasteiger partial charge on any atom is -0.508 e. The van der Waals surface area contributed by atoms with E-state index in [0.717, 1.165) is 44.9 Å². The zero-order chi connectivity index (χ0) is 22.2. The minimum atomic E-state index is 0.261. The third kappa shape index (κ3) is 5.20. The highest BCUT2D eigenvalue weighted by Gasteiger charge is 2.14. The van der Waals surface area contributed by atoms with Crippen LogP contribution in [0.2, 0.25) is 0 Å². The molecule has 3 nitrogen and oxygen atoms in total. The van der Waals surface area contributed by atoms with E-state index in [9.17, 15) is 5.11 Å². The number of nitrogens with one attached hydrogen (secondary N) is 1. The molecule has 3 aromatic carbocycles. The average molecular weight is 409 g/mol. The molecule has 0 fully saturated rings. The van der Waals surface area contributed by atoms with Crippen molar-refractivity contribution in [3.63, 3.8) is 0 Å². The molecule has 0 atom stereocenters. The summed E-state index contributed by atoms with van der Waals surface area (Å²) in [7, 11) is 0. The van der Waals surface area contributed by atoms with E-state index < -0.39 is 0 Å². The van der Waals surface area contributed by atoms with E-state index in [-0.39, 0.29) is 5.75 Å². The van der Waals surface area contributed by atoms with Crippen LogP contribution >= 0.6 is 0 Å². The fourth-order valence-electron chi connectivity index (χ4n) is 3.48. The predicted molar refractivity (Wildman–Crippen MR) is 133 cm³/mol. The first kappa shape index (κ1) is 21.8. The van der Waals surface area contributed by atoms with Crippen LogP contribution in [0.4, 0.5) is 5.69 Å². The lowest BCUT2D eigenvalue weighted by Gasteiger charge is -2.18. The van der Waals surface area contributed by atoms with Crippen LogP contribution in [0.1, 0.15) is 25.0 Å². The maximum atomic E-state index is 10.1. The van der Waals surface area contributed by atoms with E-state index in [1.54, 1.807) is 6.07 Å². The number of rotatable bonds is 8. The molecule has 0 unspecified atom stereocenters. The molecule has 31 heavy (non-hydrogen) atoms. The van der Waals surface area contributed by atoms with E-state index >= 15 is 0 Å². The Hall–Kier alpha value is -3.85. The molecule has 0 radical (unpaired) electrons. The molecule has 3 heteroatoms. The van der Waals surface area contributed by atoms with Crippen LogP contribution in [-0.2, 0) is 6.54 Å². The minimum absolute atomic E-state index is 0.261. The lowest BCUT2D eigenvalue weighted by Crippen LogP contribution is -2.12. The molecule has 3 aromatic rings. The van der Waals surface area contributed by atoms with Gasteiger partial charge in [-0.25, -0.2) is 0 Å². The summed E-state index contributed by atoms with van der Waals surface area (Å²) in [5, 5.41) is 13.5. The maximum absolute atomic E-state index is 10.1. The van der Waals surface area contributed by atoms with E-state index in [1.165, 1.54) is 0 Å². The SMILES string of the molecule is C=CC(=C\C)/C(C)=N/c1cccc(-c2ccccc2)c1C(=C)NCc1ccccc1O. The van der Waals surface area contributed by atoms with Gasteiger partial charge in [-0.15, -0.1) is 0 Å². The van der Waals surface area contributed by atoms with Gasteiger partial charge in [0.15, 0.2) is 0 Å². The Balaban J connectivity index is 2.06. The van der Waals surface area contributed by atoms with E-state index in [2.05, 4.69) is 36.7 Å². The molecular formula is C28H28N2O. The largest absolute Gasteiger partial charge is 0.508 e. The highest BCUT2D eigenvalue weighted by atomic mass is 16.3. The summed E-state index contributed by atoms with van der Waals surface area (Å²) in [4.78, 5) is 4.91. The molecule has 3 rings (SSSR count). The fraction of sp³-hybridized carbons (Fsp3) is 0.107. The third-order valence-electron chi connectivity index (χ3n) is 5.15. The summed E-state index contributed by atoms with van der Waals surface area (Å²) in [6.45, 7) is 12.6. The standard InChI is InChI=1S/C28H28N2O/c1-5-22(6-2)20(3)30-26-17-12-16-25(23-13-8-7-9-14-23)28(26)21(4)29-19-24-15-10-11-18-27(24)31/h5-18,29,31H,1,4,19H2,2-3H3/b22-6+,30-20+. The molecule has 0 bridgehead atoms. The first-order valence-electron chi connectivity index (χ1n) is 10.3. The number of nitrogens with zero attached hydrogens (tertiary/aromatic N) is 1. The highest BCUT2D eigenvalue weighted by molar-refractivity contribution is 6.03. The number of hydrogen-bond acceptors (Lipinski definition) is 3. The number of aromatic hydroxyl groups is 1. The second-order valence-corrected chi connectivity index (χ2v) is 7.17. The van der Waals surface area contributed by atoms with Crippen molar-refractivity contribution in [3.8, 4) is 16.9 Å². The van der Waals surface area contributed by atoms with Crippen molar-refractivity contribution in [1.82, 2.24) is 5.32 Å². The summed E-state index contributed by atoms with van der Waals surface area (Å²) in [5.41, 5.74) is 7.33. The normalized spacial score (nSPS) is 11.8. The zero-order valence-electron chi connectivity index (χ0n) is 18.1. The fourth-order valence-corrected chi connectivity index (χ4v) is 3.48. The van der Waals surface area contributed by atoms with Crippen molar-refractivity contribution in [3.05, 3.63) is 115 Å². The Morgan fingerprint density at radius 2 is 1.71 bits per heavy atom. The topological polar surface area (TPSA) is 44.6 Å². The number of para-hydroxylation sites is 1. The monoisotopic (exact) mass is 408 g/mol. The second kappa shape index (κ2) is 10.3. The van der Waals surface area contributed by atoms with Crippen molar-refractivity contribution < 1.29 is 5.11 Å². The van der Waals surface area contributed by atoms with Gasteiger partial charge < -0.3 is 10.4 Å². The summed E-state index contributed by atoms with van der Waals surface area (Å²) in [6, 6.07) is 23.6. The van der Waals surface area contributed by atoms with E-state index in [1.807, 2.05) is 74.5 Å². The van der Waals surface area contributed by atoms with Gasteiger partial charge in [-0.3, -0.25) is 4.99 Å². The van der Waals surface area contributed by atoms with Gasteiger partial charge in [0.1, 0.15) is 5.75 Å². The second-order valence-electron chi connectivity index (χ2n) is 7.17. The van der Waals surface area contributed by atoms with Crippen molar-refractivity contribution in [2.75, 3.05) is 0 Å². The highest BCUT2D eigenvalue weighted by Crippen LogP contribution is 2.35. The van der Waals surface area contributed by atoms with Gasteiger partial charge in [-0.1, -0.05) is 86.0 Å². The van der Waals surface area contributed by atoms with Crippen LogP contribution in [0.25, 0.3) is 16.8 Å². The lowest BCUT2D eigenvalue weighted by atomic mass is 9.96. The zero-order valence-corrected chi connectivity index (χ0v) is 18.1. The number of phenols is 1.